The minimum absolute atomic E-state index is 0.0597. The van der Waals surface area contributed by atoms with Crippen LogP contribution in [0.5, 0.6) is 0 Å². The Morgan fingerprint density at radius 2 is 1.87 bits per heavy atom. The molecule has 0 atom stereocenters. The van der Waals surface area contributed by atoms with Crippen LogP contribution in [0.1, 0.15) is 59.6 Å². The third-order valence-electron chi connectivity index (χ3n) is 6.64. The van der Waals surface area contributed by atoms with E-state index in [1.165, 1.54) is 21.9 Å². The molecule has 14 heteroatoms. The van der Waals surface area contributed by atoms with Crippen molar-refractivity contribution in [2.45, 2.75) is 56.8 Å². The third-order valence-corrected chi connectivity index (χ3v) is 7.57. The number of imidazole rings is 1. The molecule has 4 amide bonds. The molecule has 3 fully saturated rings. The van der Waals surface area contributed by atoms with Gasteiger partial charge in [0, 0.05) is 29.2 Å². The zero-order valence-corrected chi connectivity index (χ0v) is 20.6. The van der Waals surface area contributed by atoms with Gasteiger partial charge in [0.2, 0.25) is 0 Å². The van der Waals surface area contributed by atoms with Crippen molar-refractivity contribution in [1.82, 2.24) is 30.3 Å². The van der Waals surface area contributed by atoms with E-state index < -0.39 is 29.5 Å². The van der Waals surface area contributed by atoms with Gasteiger partial charge >= 0.3 is 12.2 Å². The minimum Gasteiger partial charge on any atom is -0.364 e. The Bertz CT molecular complexity index is 1500. The van der Waals surface area contributed by atoms with Crippen LogP contribution < -0.4 is 21.3 Å². The second kappa shape index (κ2) is 9.11. The van der Waals surface area contributed by atoms with Gasteiger partial charge in [-0.15, -0.1) is 11.3 Å². The predicted octanol–water partition coefficient (Wildman–Crippen LogP) is 3.90. The van der Waals surface area contributed by atoms with E-state index in [0.29, 0.717) is 16.1 Å². The first-order valence-electron chi connectivity index (χ1n) is 12.2. The maximum absolute atomic E-state index is 14.0. The lowest BCUT2D eigenvalue weighted by Crippen LogP contribution is -2.31. The molecule has 0 aromatic carbocycles. The molecule has 0 bridgehead atoms. The molecule has 3 aromatic heterocycles. The summed E-state index contributed by atoms with van der Waals surface area (Å²) in [6, 6.07) is 1.04. The maximum atomic E-state index is 14.0. The second-order valence-corrected chi connectivity index (χ2v) is 10.5. The number of fused-ring (bicyclic) bond motifs is 1. The summed E-state index contributed by atoms with van der Waals surface area (Å²) in [6.07, 6.45) is 3.22. The number of hydrogen-bond donors (Lipinski definition) is 4. The van der Waals surface area contributed by atoms with Crippen molar-refractivity contribution in [3.8, 4) is 11.3 Å². The van der Waals surface area contributed by atoms with Crippen molar-refractivity contribution >= 4 is 46.7 Å². The zero-order valence-electron chi connectivity index (χ0n) is 19.8. The molecule has 3 aliphatic rings. The first-order valence-corrected chi connectivity index (χ1v) is 13.0. The van der Waals surface area contributed by atoms with Gasteiger partial charge in [0.05, 0.1) is 16.3 Å². The number of hydrogen-bond acceptors (Lipinski definition) is 7. The van der Waals surface area contributed by atoms with Gasteiger partial charge < -0.3 is 16.0 Å². The molecule has 3 aromatic rings. The number of carbonyl (C=O) groups excluding carboxylic acids is 3. The molecular weight excluding hydrogens is 523 g/mol. The Hall–Kier alpha value is -3.94. The van der Waals surface area contributed by atoms with E-state index >= 15 is 0 Å². The number of imide groups is 1. The van der Waals surface area contributed by atoms with Gasteiger partial charge in [0.1, 0.15) is 5.70 Å². The highest BCUT2D eigenvalue weighted by Gasteiger charge is 2.39. The largest absolute Gasteiger partial charge is 0.435 e. The van der Waals surface area contributed by atoms with Gasteiger partial charge in [0.25, 0.3) is 11.8 Å². The lowest BCUT2D eigenvalue weighted by Gasteiger charge is -2.10. The lowest BCUT2D eigenvalue weighted by molar-refractivity contribution is -0.141. The van der Waals surface area contributed by atoms with Crippen LogP contribution in [0, 0.1) is 0 Å². The van der Waals surface area contributed by atoms with Gasteiger partial charge in [-0.3, -0.25) is 19.3 Å². The van der Waals surface area contributed by atoms with Crippen LogP contribution in [0.2, 0.25) is 0 Å². The number of halogens is 3. The summed E-state index contributed by atoms with van der Waals surface area (Å²) in [7, 11) is 0. The average Bonchev–Trinajstić information content (AvgIpc) is 3.26. The Labute approximate surface area is 217 Å². The van der Waals surface area contributed by atoms with E-state index in [9.17, 15) is 27.6 Å². The molecule has 0 unspecified atom stereocenters. The first-order chi connectivity index (χ1) is 18.2. The molecule has 6 rings (SSSR count). The van der Waals surface area contributed by atoms with E-state index in [4.69, 9.17) is 0 Å². The van der Waals surface area contributed by atoms with Crippen LogP contribution in [-0.4, -0.2) is 44.3 Å². The van der Waals surface area contributed by atoms with E-state index in [1.807, 2.05) is 5.32 Å². The van der Waals surface area contributed by atoms with E-state index in [1.54, 1.807) is 11.4 Å². The summed E-state index contributed by atoms with van der Waals surface area (Å²) in [5.74, 6) is -0.886. The molecule has 0 radical (unpaired) electrons. The van der Waals surface area contributed by atoms with E-state index in [0.717, 1.165) is 44.6 Å². The molecule has 1 aliphatic heterocycles. The monoisotopic (exact) mass is 545 g/mol. The smallest absolute Gasteiger partial charge is 0.364 e. The van der Waals surface area contributed by atoms with Crippen molar-refractivity contribution in [1.29, 1.82) is 0 Å². The highest BCUT2D eigenvalue weighted by Crippen LogP contribution is 2.37. The Kier molecular flexibility index (Phi) is 5.85. The van der Waals surface area contributed by atoms with Crippen LogP contribution in [0.3, 0.4) is 0 Å². The summed E-state index contributed by atoms with van der Waals surface area (Å²) in [5.41, 5.74) is -1.18. The molecule has 2 saturated carbocycles. The summed E-state index contributed by atoms with van der Waals surface area (Å²) in [4.78, 5) is 45.2. The Morgan fingerprint density at radius 3 is 2.53 bits per heavy atom. The Morgan fingerprint density at radius 1 is 1.11 bits per heavy atom. The fraction of sp³-hybridized carbons (Fsp3) is 0.375. The number of alkyl halides is 3. The first kappa shape index (κ1) is 24.4. The predicted molar refractivity (Wildman–Crippen MR) is 132 cm³/mol. The molecule has 1 saturated heterocycles. The number of rotatable bonds is 6. The summed E-state index contributed by atoms with van der Waals surface area (Å²) in [6.45, 7) is 0. The topological polar surface area (TPSA) is 130 Å². The van der Waals surface area contributed by atoms with Gasteiger partial charge in [0.15, 0.2) is 17.2 Å². The number of urea groups is 1. The van der Waals surface area contributed by atoms with E-state index in [-0.39, 0.29) is 35.2 Å². The molecule has 38 heavy (non-hydrogen) atoms. The van der Waals surface area contributed by atoms with E-state index in [2.05, 4.69) is 25.9 Å². The number of nitrogens with zero attached hydrogens (tertiary/aromatic N) is 3. The zero-order chi connectivity index (χ0) is 26.6. The van der Waals surface area contributed by atoms with Crippen molar-refractivity contribution in [2.75, 3.05) is 5.32 Å². The van der Waals surface area contributed by atoms with Crippen molar-refractivity contribution < 1.29 is 27.6 Å². The molecule has 10 nitrogen and oxygen atoms in total. The molecule has 4 N–H and O–H groups in total. The van der Waals surface area contributed by atoms with Crippen LogP contribution >= 0.6 is 11.3 Å². The van der Waals surface area contributed by atoms with Crippen LogP contribution in [0.15, 0.2) is 23.3 Å². The van der Waals surface area contributed by atoms with Crippen molar-refractivity contribution in [2.24, 2.45) is 0 Å². The molecular formula is C24H22F3N7O3S. The number of nitrogens with one attached hydrogen (secondary N) is 4. The van der Waals surface area contributed by atoms with Gasteiger partial charge in [-0.1, -0.05) is 12.8 Å². The van der Waals surface area contributed by atoms with Gasteiger partial charge in [-0.2, -0.15) is 13.2 Å². The summed E-state index contributed by atoms with van der Waals surface area (Å²) in [5, 5.41) is 12.1. The Balaban J connectivity index is 1.45. The average molecular weight is 546 g/mol. The van der Waals surface area contributed by atoms with Gasteiger partial charge in [-0.25, -0.2) is 14.8 Å². The number of amides is 4. The summed E-state index contributed by atoms with van der Waals surface area (Å²) < 4.78 is 43.3. The quantitative estimate of drug-likeness (QED) is 0.275. The van der Waals surface area contributed by atoms with Gasteiger partial charge in [-0.05, 0) is 37.8 Å². The normalized spacial score (nSPS) is 19.3. The molecule has 0 spiro atoms. The SMILES string of the molecule is O=C1NC(=O)C(=Cc2c(C(F)(F)F)nc3c(NC4CC4)nc(-c4csc(C(=O)NC5CCCC5)c4)cn23)N1. The number of carbonyl (C=O) groups is 3. The fourth-order valence-corrected chi connectivity index (χ4v) is 5.41. The standard InChI is InChI=1S/C24H22F3N7O3S/c25-24(26,27)18-16(8-14-21(35)33-23(37)31-14)34-9-15(30-19(20(34)32-18)28-13-5-6-13)11-7-17(38-10-11)22(36)29-12-3-1-2-4-12/h7-10,12-13H,1-6H2,(H,28,30)(H,29,36)(H2,31,33,35,37). The highest BCUT2D eigenvalue weighted by atomic mass is 32.1. The minimum atomic E-state index is -4.84. The van der Waals surface area contributed by atoms with Crippen LogP contribution in [-0.2, 0) is 11.0 Å². The second-order valence-electron chi connectivity index (χ2n) is 9.55. The van der Waals surface area contributed by atoms with Crippen LogP contribution in [0.25, 0.3) is 23.0 Å². The number of anilines is 1. The lowest BCUT2D eigenvalue weighted by atomic mass is 10.2. The van der Waals surface area contributed by atoms with Crippen molar-refractivity contribution in [3.05, 3.63) is 39.6 Å². The molecule has 4 heterocycles. The summed E-state index contributed by atoms with van der Waals surface area (Å²) >= 11 is 1.22. The van der Waals surface area contributed by atoms with Crippen molar-refractivity contribution in [3.63, 3.8) is 0 Å². The highest BCUT2D eigenvalue weighted by molar-refractivity contribution is 7.12. The molecule has 198 valence electrons. The third kappa shape index (κ3) is 4.71. The fourth-order valence-electron chi connectivity index (χ4n) is 4.60. The maximum Gasteiger partial charge on any atom is 0.435 e. The number of thiophene rings is 1. The number of aromatic nitrogens is 3. The van der Waals surface area contributed by atoms with Crippen LogP contribution in [0.4, 0.5) is 23.8 Å². The molecule has 2 aliphatic carbocycles.